The maximum Gasteiger partial charge on any atom is 0.0743 e. The molecule has 2 heterocycles. The first-order chi connectivity index (χ1) is 8.13. The molecule has 0 saturated heterocycles. The summed E-state index contributed by atoms with van der Waals surface area (Å²) in [6.45, 7) is 3.02. The Kier molecular flexibility index (Phi) is 4.41. The Morgan fingerprint density at radius 3 is 2.88 bits per heavy atom. The third kappa shape index (κ3) is 2.81. The predicted octanol–water partition coefficient (Wildman–Crippen LogP) is 3.93. The van der Waals surface area contributed by atoms with E-state index in [1.54, 1.807) is 11.3 Å². The van der Waals surface area contributed by atoms with E-state index < -0.39 is 0 Å². The van der Waals surface area contributed by atoms with E-state index >= 15 is 0 Å². The van der Waals surface area contributed by atoms with E-state index in [4.69, 9.17) is 5.73 Å². The summed E-state index contributed by atoms with van der Waals surface area (Å²) in [7, 11) is 0. The van der Waals surface area contributed by atoms with Crippen LogP contribution in [0.1, 0.15) is 30.6 Å². The molecule has 0 spiro atoms. The van der Waals surface area contributed by atoms with Crippen LogP contribution in [0.15, 0.2) is 25.9 Å². The van der Waals surface area contributed by atoms with Crippen molar-refractivity contribution in [2.75, 3.05) is 0 Å². The first-order valence-electron chi connectivity index (χ1n) is 5.34. The minimum Gasteiger partial charge on any atom is -0.319 e. The van der Waals surface area contributed by atoms with E-state index in [0.29, 0.717) is 0 Å². The van der Waals surface area contributed by atoms with E-state index in [1.165, 1.54) is 0 Å². The number of hydrogen-bond donors (Lipinski definition) is 1. The summed E-state index contributed by atoms with van der Waals surface area (Å²) < 4.78 is 4.04. The van der Waals surface area contributed by atoms with Crippen molar-refractivity contribution in [2.45, 2.75) is 25.9 Å². The molecule has 92 valence electrons. The third-order valence-electron chi connectivity index (χ3n) is 2.51. The largest absolute Gasteiger partial charge is 0.319 e. The molecule has 2 aromatic heterocycles. The summed E-state index contributed by atoms with van der Waals surface area (Å²) in [6, 6.07) is 1.92. The first kappa shape index (κ1) is 13.3. The van der Waals surface area contributed by atoms with Gasteiger partial charge >= 0.3 is 0 Å². The first-order valence-corrected chi connectivity index (χ1v) is 7.80. The molecular weight excluding hydrogens is 366 g/mol. The molecule has 0 radical (unpaired) electrons. The summed E-state index contributed by atoms with van der Waals surface area (Å²) in [4.78, 5) is 0. The number of hydrogen-bond acceptors (Lipinski definition) is 3. The van der Waals surface area contributed by atoms with Gasteiger partial charge in [0.05, 0.1) is 26.2 Å². The van der Waals surface area contributed by atoms with Gasteiger partial charge in [-0.2, -0.15) is 5.10 Å². The Bertz CT molecular complexity index is 507. The van der Waals surface area contributed by atoms with Crippen LogP contribution in [0.25, 0.3) is 0 Å². The number of aromatic nitrogens is 2. The van der Waals surface area contributed by atoms with Crippen molar-refractivity contribution >= 4 is 43.2 Å². The number of nitrogens with zero attached hydrogens (tertiary/aromatic N) is 2. The van der Waals surface area contributed by atoms with Crippen molar-refractivity contribution < 1.29 is 0 Å². The Labute approximate surface area is 121 Å². The highest BCUT2D eigenvalue weighted by molar-refractivity contribution is 9.11. The fourth-order valence-electron chi connectivity index (χ4n) is 1.72. The molecule has 3 nitrogen and oxygen atoms in total. The molecule has 2 N–H and O–H groups in total. The highest BCUT2D eigenvalue weighted by Crippen LogP contribution is 2.31. The van der Waals surface area contributed by atoms with E-state index in [1.807, 2.05) is 10.9 Å². The van der Waals surface area contributed by atoms with E-state index in [9.17, 15) is 0 Å². The number of aryl methyl sites for hydroxylation is 1. The average Bonchev–Trinajstić information content (AvgIpc) is 2.86. The van der Waals surface area contributed by atoms with Crippen LogP contribution < -0.4 is 5.73 Å². The molecule has 0 aliphatic carbocycles. The van der Waals surface area contributed by atoms with Gasteiger partial charge in [-0.15, -0.1) is 11.3 Å². The van der Waals surface area contributed by atoms with Gasteiger partial charge in [0, 0.05) is 6.54 Å². The van der Waals surface area contributed by atoms with Crippen LogP contribution in [-0.4, -0.2) is 9.78 Å². The van der Waals surface area contributed by atoms with Gasteiger partial charge in [-0.05, 0) is 55.3 Å². The van der Waals surface area contributed by atoms with Crippen molar-refractivity contribution in [3.05, 3.63) is 37.2 Å². The summed E-state index contributed by atoms with van der Waals surface area (Å²) in [5, 5.41) is 6.41. The normalized spacial score (nSPS) is 12.9. The fraction of sp³-hybridized carbons (Fsp3) is 0.364. The lowest BCUT2D eigenvalue weighted by atomic mass is 10.1. The highest BCUT2D eigenvalue weighted by Gasteiger charge is 2.18. The molecule has 0 aliphatic heterocycles. The average molecular weight is 379 g/mol. The topological polar surface area (TPSA) is 43.8 Å². The SMILES string of the molecule is CCCn1ncc(Br)c1C(N)c1csc(Br)c1. The van der Waals surface area contributed by atoms with Crippen molar-refractivity contribution in [1.29, 1.82) is 0 Å². The number of nitrogens with two attached hydrogens (primary N) is 1. The van der Waals surface area contributed by atoms with Crippen molar-refractivity contribution in [1.82, 2.24) is 9.78 Å². The van der Waals surface area contributed by atoms with Crippen molar-refractivity contribution in [3.8, 4) is 0 Å². The van der Waals surface area contributed by atoms with Gasteiger partial charge in [0.15, 0.2) is 0 Å². The highest BCUT2D eigenvalue weighted by atomic mass is 79.9. The standard InChI is InChI=1S/C11H13Br2N3S/c1-2-3-16-11(8(12)5-15-16)10(14)7-4-9(13)17-6-7/h4-6,10H,2-3,14H2,1H3. The fourth-order valence-corrected chi connectivity index (χ4v) is 3.47. The van der Waals surface area contributed by atoms with Crippen LogP contribution >= 0.6 is 43.2 Å². The second-order valence-corrected chi connectivity index (χ2v) is 6.91. The second-order valence-electron chi connectivity index (χ2n) is 3.76. The number of rotatable bonds is 4. The van der Waals surface area contributed by atoms with Gasteiger partial charge < -0.3 is 5.73 Å². The molecule has 0 bridgehead atoms. The van der Waals surface area contributed by atoms with Crippen LogP contribution in [-0.2, 0) is 6.54 Å². The Morgan fingerprint density at radius 1 is 1.53 bits per heavy atom. The lowest BCUT2D eigenvalue weighted by Crippen LogP contribution is -2.17. The minimum absolute atomic E-state index is 0.138. The number of thiophene rings is 1. The van der Waals surface area contributed by atoms with Gasteiger partial charge in [0.25, 0.3) is 0 Å². The molecule has 0 saturated carbocycles. The molecule has 0 aromatic carbocycles. The molecular formula is C11H13Br2N3S. The van der Waals surface area contributed by atoms with Gasteiger partial charge in [0.1, 0.15) is 0 Å². The van der Waals surface area contributed by atoms with Crippen molar-refractivity contribution in [2.24, 2.45) is 5.73 Å². The summed E-state index contributed by atoms with van der Waals surface area (Å²) in [5.41, 5.74) is 8.45. The molecule has 0 aliphatic rings. The van der Waals surface area contributed by atoms with E-state index in [0.717, 1.165) is 32.5 Å². The summed E-state index contributed by atoms with van der Waals surface area (Å²) in [5.74, 6) is 0. The van der Waals surface area contributed by atoms with Crippen LogP contribution in [0.4, 0.5) is 0 Å². The molecule has 2 rings (SSSR count). The quantitative estimate of drug-likeness (QED) is 0.875. The van der Waals surface area contributed by atoms with Gasteiger partial charge in [-0.3, -0.25) is 4.68 Å². The minimum atomic E-state index is -0.138. The zero-order valence-corrected chi connectivity index (χ0v) is 13.3. The Hall–Kier alpha value is -0.170. The van der Waals surface area contributed by atoms with E-state index in [-0.39, 0.29) is 6.04 Å². The van der Waals surface area contributed by atoms with E-state index in [2.05, 4.69) is 55.3 Å². The van der Waals surface area contributed by atoms with Crippen LogP contribution in [0, 0.1) is 0 Å². The number of halogens is 2. The van der Waals surface area contributed by atoms with Crippen molar-refractivity contribution in [3.63, 3.8) is 0 Å². The molecule has 2 aromatic rings. The summed E-state index contributed by atoms with van der Waals surface area (Å²) in [6.07, 6.45) is 2.85. The van der Waals surface area contributed by atoms with Gasteiger partial charge in [0.2, 0.25) is 0 Å². The Morgan fingerprint density at radius 2 is 2.29 bits per heavy atom. The predicted molar refractivity (Wildman–Crippen MR) is 78.3 cm³/mol. The van der Waals surface area contributed by atoms with Crippen LogP contribution in [0.5, 0.6) is 0 Å². The molecule has 0 fully saturated rings. The molecule has 1 unspecified atom stereocenters. The lowest BCUT2D eigenvalue weighted by molar-refractivity contribution is 0.559. The van der Waals surface area contributed by atoms with Gasteiger partial charge in [-0.1, -0.05) is 6.92 Å². The zero-order chi connectivity index (χ0) is 12.4. The molecule has 1 atom stereocenters. The molecule has 0 amide bonds. The maximum absolute atomic E-state index is 6.30. The summed E-state index contributed by atoms with van der Waals surface area (Å²) >= 11 is 8.63. The maximum atomic E-state index is 6.30. The molecule has 6 heteroatoms. The van der Waals surface area contributed by atoms with Gasteiger partial charge in [-0.25, -0.2) is 0 Å². The third-order valence-corrected chi connectivity index (χ3v) is 4.64. The lowest BCUT2D eigenvalue weighted by Gasteiger charge is -2.13. The Balaban J connectivity index is 2.35. The smallest absolute Gasteiger partial charge is 0.0743 e. The van der Waals surface area contributed by atoms with Crippen LogP contribution in [0.2, 0.25) is 0 Å². The molecule has 17 heavy (non-hydrogen) atoms. The monoisotopic (exact) mass is 377 g/mol. The zero-order valence-electron chi connectivity index (χ0n) is 9.36. The van der Waals surface area contributed by atoms with Crippen LogP contribution in [0.3, 0.4) is 0 Å². The second kappa shape index (κ2) is 5.65.